The predicted octanol–water partition coefficient (Wildman–Crippen LogP) is 3.32. The molecule has 1 unspecified atom stereocenters. The summed E-state index contributed by atoms with van der Waals surface area (Å²) in [5, 5.41) is 0. The molecule has 2 aromatic carbocycles. The summed E-state index contributed by atoms with van der Waals surface area (Å²) in [6.07, 6.45) is 1.68. The average Bonchev–Trinajstić information content (AvgIpc) is 2.62. The minimum atomic E-state index is -3.32. The van der Waals surface area contributed by atoms with Gasteiger partial charge in [-0.25, -0.2) is 8.42 Å². The first-order valence-electron chi connectivity index (χ1n) is 8.59. The van der Waals surface area contributed by atoms with Crippen molar-refractivity contribution in [3.63, 3.8) is 0 Å². The minimum absolute atomic E-state index is 0.0122. The van der Waals surface area contributed by atoms with Gasteiger partial charge < -0.3 is 4.90 Å². The van der Waals surface area contributed by atoms with Gasteiger partial charge in [0.05, 0.1) is 10.6 Å². The Labute approximate surface area is 149 Å². The summed E-state index contributed by atoms with van der Waals surface area (Å²) in [6.45, 7) is 3.17. The highest BCUT2D eigenvalue weighted by molar-refractivity contribution is 7.91. The zero-order valence-corrected chi connectivity index (χ0v) is 15.2. The fourth-order valence-electron chi connectivity index (χ4n) is 3.30. The minimum Gasteiger partial charge on any atom is -0.338 e. The summed E-state index contributed by atoms with van der Waals surface area (Å²) in [6, 6.07) is 16.1. The van der Waals surface area contributed by atoms with Crippen LogP contribution < -0.4 is 0 Å². The van der Waals surface area contributed by atoms with E-state index in [0.29, 0.717) is 23.5 Å². The third-order valence-electron chi connectivity index (χ3n) is 4.66. The topological polar surface area (TPSA) is 54.5 Å². The lowest BCUT2D eigenvalue weighted by Crippen LogP contribution is -2.41. The Morgan fingerprint density at radius 2 is 1.76 bits per heavy atom. The molecule has 0 spiro atoms. The number of sulfone groups is 1. The number of aryl methyl sites for hydroxylation is 1. The van der Waals surface area contributed by atoms with Gasteiger partial charge in [0.25, 0.3) is 5.91 Å². The van der Waals surface area contributed by atoms with Crippen LogP contribution in [0.5, 0.6) is 0 Å². The number of likely N-dealkylation sites (tertiary alicyclic amines) is 1. The fourth-order valence-corrected chi connectivity index (χ4v) is 4.96. The second-order valence-electron chi connectivity index (χ2n) is 6.72. The molecule has 1 amide bonds. The molecule has 132 valence electrons. The van der Waals surface area contributed by atoms with Gasteiger partial charge in [-0.05, 0) is 49.9 Å². The van der Waals surface area contributed by atoms with Gasteiger partial charge in [-0.1, -0.05) is 35.9 Å². The molecule has 0 bridgehead atoms. The molecular weight excluding hydrogens is 334 g/mol. The zero-order chi connectivity index (χ0) is 17.9. The molecule has 0 aliphatic carbocycles. The number of carbonyl (C=O) groups is 1. The molecule has 0 saturated carbocycles. The van der Waals surface area contributed by atoms with E-state index in [1.807, 2.05) is 37.3 Å². The molecule has 0 N–H and O–H groups in total. The average molecular weight is 357 g/mol. The number of benzene rings is 2. The van der Waals surface area contributed by atoms with Gasteiger partial charge in [0, 0.05) is 18.7 Å². The first kappa shape index (κ1) is 17.7. The predicted molar refractivity (Wildman–Crippen MR) is 98.3 cm³/mol. The Kier molecular flexibility index (Phi) is 5.23. The van der Waals surface area contributed by atoms with Crippen LogP contribution in [0.15, 0.2) is 59.5 Å². The van der Waals surface area contributed by atoms with Crippen LogP contribution in [0.4, 0.5) is 0 Å². The summed E-state index contributed by atoms with van der Waals surface area (Å²) >= 11 is 0. The van der Waals surface area contributed by atoms with Crippen LogP contribution in [0.3, 0.4) is 0 Å². The molecule has 1 aliphatic heterocycles. The zero-order valence-electron chi connectivity index (χ0n) is 14.4. The van der Waals surface area contributed by atoms with E-state index < -0.39 is 9.84 Å². The molecule has 1 fully saturated rings. The highest BCUT2D eigenvalue weighted by atomic mass is 32.2. The third kappa shape index (κ3) is 4.28. The summed E-state index contributed by atoms with van der Waals surface area (Å²) < 4.78 is 25.2. The van der Waals surface area contributed by atoms with Crippen molar-refractivity contribution >= 4 is 15.7 Å². The summed E-state index contributed by atoms with van der Waals surface area (Å²) in [5.74, 6) is 0.0597. The first-order chi connectivity index (χ1) is 12.0. The molecule has 2 aromatic rings. The second-order valence-corrected chi connectivity index (χ2v) is 8.75. The molecule has 1 saturated heterocycles. The lowest BCUT2D eigenvalue weighted by atomic mass is 9.99. The number of hydrogen-bond acceptors (Lipinski definition) is 3. The maximum absolute atomic E-state index is 12.7. The van der Waals surface area contributed by atoms with Gasteiger partial charge in [0.15, 0.2) is 9.84 Å². The van der Waals surface area contributed by atoms with Crippen LogP contribution in [0, 0.1) is 12.8 Å². The summed E-state index contributed by atoms with van der Waals surface area (Å²) in [5.41, 5.74) is 1.78. The molecule has 1 atom stereocenters. The van der Waals surface area contributed by atoms with E-state index in [9.17, 15) is 13.2 Å². The molecular formula is C20H23NO3S. The summed E-state index contributed by atoms with van der Waals surface area (Å²) in [4.78, 5) is 14.8. The maximum atomic E-state index is 12.7. The molecule has 5 heteroatoms. The van der Waals surface area contributed by atoms with Crippen molar-refractivity contribution in [1.82, 2.24) is 4.90 Å². The SMILES string of the molecule is Cc1ccc(C(=O)N2CCCC(CS(=O)(=O)c3ccccc3)C2)cc1. The van der Waals surface area contributed by atoms with Crippen LogP contribution in [0.1, 0.15) is 28.8 Å². The molecule has 0 aromatic heterocycles. The standard InChI is InChI=1S/C20H23NO3S/c1-16-9-11-18(12-10-16)20(22)21-13-5-6-17(14-21)15-25(23,24)19-7-3-2-4-8-19/h2-4,7-12,17H,5-6,13-15H2,1H3. The fraction of sp³-hybridized carbons (Fsp3) is 0.350. The van der Waals surface area contributed by atoms with Gasteiger partial charge in [-0.2, -0.15) is 0 Å². The van der Waals surface area contributed by atoms with Crippen molar-refractivity contribution in [1.29, 1.82) is 0 Å². The molecule has 4 nitrogen and oxygen atoms in total. The first-order valence-corrected chi connectivity index (χ1v) is 10.2. The Bertz CT molecular complexity index is 829. The van der Waals surface area contributed by atoms with Crippen LogP contribution in [-0.4, -0.2) is 38.1 Å². The van der Waals surface area contributed by atoms with Crippen molar-refractivity contribution in [2.24, 2.45) is 5.92 Å². The lowest BCUT2D eigenvalue weighted by molar-refractivity contribution is 0.0684. The van der Waals surface area contributed by atoms with E-state index in [0.717, 1.165) is 18.4 Å². The largest absolute Gasteiger partial charge is 0.338 e. The normalized spacial score (nSPS) is 18.1. The molecule has 3 rings (SSSR count). The number of hydrogen-bond donors (Lipinski definition) is 0. The van der Waals surface area contributed by atoms with Crippen molar-refractivity contribution in [3.8, 4) is 0 Å². The Morgan fingerprint density at radius 1 is 1.08 bits per heavy atom. The van der Waals surface area contributed by atoms with E-state index in [2.05, 4.69) is 0 Å². The highest BCUT2D eigenvalue weighted by Gasteiger charge is 2.28. The smallest absolute Gasteiger partial charge is 0.253 e. The Balaban J connectivity index is 1.69. The van der Waals surface area contributed by atoms with E-state index in [-0.39, 0.29) is 17.6 Å². The monoisotopic (exact) mass is 357 g/mol. The maximum Gasteiger partial charge on any atom is 0.253 e. The van der Waals surface area contributed by atoms with Gasteiger partial charge in [-0.15, -0.1) is 0 Å². The van der Waals surface area contributed by atoms with Gasteiger partial charge in [0.2, 0.25) is 0 Å². The lowest BCUT2D eigenvalue weighted by Gasteiger charge is -2.32. The second kappa shape index (κ2) is 7.40. The van der Waals surface area contributed by atoms with E-state index >= 15 is 0 Å². The van der Waals surface area contributed by atoms with Crippen LogP contribution in [0.2, 0.25) is 0 Å². The van der Waals surface area contributed by atoms with Crippen molar-refractivity contribution in [2.75, 3.05) is 18.8 Å². The summed E-state index contributed by atoms with van der Waals surface area (Å²) in [7, 11) is -3.32. The number of amides is 1. The Hall–Kier alpha value is -2.14. The van der Waals surface area contributed by atoms with Crippen LogP contribution >= 0.6 is 0 Å². The van der Waals surface area contributed by atoms with Gasteiger partial charge in [-0.3, -0.25) is 4.79 Å². The third-order valence-corrected chi connectivity index (χ3v) is 6.56. The van der Waals surface area contributed by atoms with Crippen molar-refractivity contribution in [3.05, 3.63) is 65.7 Å². The van der Waals surface area contributed by atoms with E-state index in [4.69, 9.17) is 0 Å². The highest BCUT2D eigenvalue weighted by Crippen LogP contribution is 2.23. The van der Waals surface area contributed by atoms with Crippen molar-refractivity contribution < 1.29 is 13.2 Å². The molecule has 0 radical (unpaired) electrons. The number of rotatable bonds is 4. The number of piperidine rings is 1. The van der Waals surface area contributed by atoms with Crippen LogP contribution in [-0.2, 0) is 9.84 Å². The molecule has 25 heavy (non-hydrogen) atoms. The van der Waals surface area contributed by atoms with Crippen LogP contribution in [0.25, 0.3) is 0 Å². The molecule has 1 heterocycles. The number of carbonyl (C=O) groups excluding carboxylic acids is 1. The molecule has 1 aliphatic rings. The van der Waals surface area contributed by atoms with Gasteiger partial charge >= 0.3 is 0 Å². The van der Waals surface area contributed by atoms with Gasteiger partial charge in [0.1, 0.15) is 0 Å². The van der Waals surface area contributed by atoms with Crippen molar-refractivity contribution in [2.45, 2.75) is 24.7 Å². The quantitative estimate of drug-likeness (QED) is 0.843. The van der Waals surface area contributed by atoms with E-state index in [1.54, 1.807) is 29.2 Å². The Morgan fingerprint density at radius 3 is 2.44 bits per heavy atom. The number of nitrogens with zero attached hydrogens (tertiary/aromatic N) is 1. The van der Waals surface area contributed by atoms with E-state index in [1.165, 1.54) is 0 Å².